The maximum Gasteiger partial charge on any atom is 0.277 e. The van der Waals surface area contributed by atoms with Gasteiger partial charge in [0.1, 0.15) is 0 Å². The predicted molar refractivity (Wildman–Crippen MR) is 91.3 cm³/mol. The fraction of sp³-hybridized carbons (Fsp3) is 0.235. The number of nitrogens with zero attached hydrogens (tertiary/aromatic N) is 2. The lowest BCUT2D eigenvalue weighted by Gasteiger charge is -2.17. The molecule has 0 saturated heterocycles. The van der Waals surface area contributed by atoms with Crippen LogP contribution in [-0.2, 0) is 4.79 Å². The number of carbonyl (C=O) groups is 2. The second-order valence-electron chi connectivity index (χ2n) is 5.63. The maximum absolute atomic E-state index is 12.3. The number of allylic oxidation sites excluding steroid dienone is 4. The van der Waals surface area contributed by atoms with Crippen LogP contribution < -0.4 is 0 Å². The topological polar surface area (TPSA) is 89.6 Å². The number of halogens is 1. The molecule has 0 radical (unpaired) electrons. The molecule has 1 aromatic rings. The van der Waals surface area contributed by atoms with Gasteiger partial charge in [0, 0.05) is 23.3 Å². The van der Waals surface area contributed by atoms with E-state index >= 15 is 0 Å². The summed E-state index contributed by atoms with van der Waals surface area (Å²) in [6, 6.07) is 5.16. The molecule has 1 aromatic carbocycles. The van der Waals surface area contributed by atoms with E-state index in [1.165, 1.54) is 24.3 Å². The summed E-state index contributed by atoms with van der Waals surface area (Å²) in [7, 11) is 0. The zero-order valence-corrected chi connectivity index (χ0v) is 14.1. The molecule has 0 fully saturated rings. The first-order chi connectivity index (χ1) is 11.2. The number of nitro groups is 1. The summed E-state index contributed by atoms with van der Waals surface area (Å²) in [4.78, 5) is 38.5. The zero-order chi connectivity index (χ0) is 18.0. The van der Waals surface area contributed by atoms with E-state index in [2.05, 4.69) is 4.99 Å². The number of carbonyl (C=O) groups excluding carboxylic acids is 2. The van der Waals surface area contributed by atoms with Crippen molar-refractivity contribution < 1.29 is 14.5 Å². The molecule has 124 valence electrons. The summed E-state index contributed by atoms with van der Waals surface area (Å²) >= 11 is 6.06. The first-order valence-electron chi connectivity index (χ1n) is 7.23. The molecule has 1 amide bonds. The molecule has 0 unspecified atom stereocenters. The molecule has 0 spiro atoms. The van der Waals surface area contributed by atoms with Crippen molar-refractivity contribution in [2.45, 2.75) is 20.8 Å². The summed E-state index contributed by atoms with van der Waals surface area (Å²) in [5.74, 6) is -0.873. The van der Waals surface area contributed by atoms with E-state index in [4.69, 9.17) is 11.6 Å². The number of hydrogen-bond acceptors (Lipinski definition) is 4. The highest BCUT2D eigenvalue weighted by Crippen LogP contribution is 2.27. The Balaban J connectivity index is 2.39. The molecule has 2 rings (SSSR count). The quantitative estimate of drug-likeness (QED) is 0.472. The van der Waals surface area contributed by atoms with Crippen molar-refractivity contribution in [2.24, 2.45) is 10.9 Å². The molecule has 24 heavy (non-hydrogen) atoms. The number of benzene rings is 1. The van der Waals surface area contributed by atoms with Gasteiger partial charge in [-0.1, -0.05) is 25.4 Å². The molecule has 1 aliphatic carbocycles. The van der Waals surface area contributed by atoms with E-state index in [0.717, 1.165) is 0 Å². The monoisotopic (exact) mass is 346 g/mol. The Morgan fingerprint density at radius 1 is 1.25 bits per heavy atom. The molecule has 0 N–H and O–H groups in total. The molecular formula is C17H15ClN2O4. The number of rotatable bonds is 3. The number of nitro benzene ring substituents is 1. The van der Waals surface area contributed by atoms with Gasteiger partial charge in [-0.3, -0.25) is 19.7 Å². The molecular weight excluding hydrogens is 332 g/mol. The maximum atomic E-state index is 12.3. The van der Waals surface area contributed by atoms with Gasteiger partial charge in [0.25, 0.3) is 11.6 Å². The van der Waals surface area contributed by atoms with Gasteiger partial charge in [0.05, 0.1) is 15.7 Å². The van der Waals surface area contributed by atoms with Gasteiger partial charge in [0.15, 0.2) is 0 Å². The standard InChI is InChI=1S/C17H15ClN2O4/c1-9(2)13-8-14(10(3)15(18)16(13)21)19-17(22)11-4-6-12(7-5-11)20(23)24/h4-9H,1-3H3. The van der Waals surface area contributed by atoms with E-state index in [1.807, 2.05) is 13.8 Å². The fourth-order valence-corrected chi connectivity index (χ4v) is 2.38. The van der Waals surface area contributed by atoms with E-state index in [-0.39, 0.29) is 28.0 Å². The third-order valence-corrected chi connectivity index (χ3v) is 4.09. The average molecular weight is 347 g/mol. The molecule has 7 heteroatoms. The van der Waals surface area contributed by atoms with Gasteiger partial charge in [-0.2, -0.15) is 0 Å². The lowest BCUT2D eigenvalue weighted by atomic mass is 9.90. The predicted octanol–water partition coefficient (Wildman–Crippen LogP) is 3.85. The van der Waals surface area contributed by atoms with Crippen LogP contribution in [0.25, 0.3) is 0 Å². The van der Waals surface area contributed by atoms with E-state index in [1.54, 1.807) is 13.0 Å². The summed E-state index contributed by atoms with van der Waals surface area (Å²) < 4.78 is 0. The zero-order valence-electron chi connectivity index (χ0n) is 13.4. The third-order valence-electron chi connectivity index (χ3n) is 3.64. The highest BCUT2D eigenvalue weighted by Gasteiger charge is 2.26. The average Bonchev–Trinajstić information content (AvgIpc) is 2.55. The Hall–Kier alpha value is -2.60. The summed E-state index contributed by atoms with van der Waals surface area (Å²) in [5, 5.41) is 10.7. The Labute approximate surface area is 143 Å². The SMILES string of the molecule is CC1=C(Cl)C(=O)C(C(C)C)=CC1=NC(=O)c1ccc([N+](=O)[O-])cc1. The number of hydrogen-bond donors (Lipinski definition) is 0. The molecule has 6 nitrogen and oxygen atoms in total. The van der Waals surface area contributed by atoms with Crippen LogP contribution in [0.2, 0.25) is 0 Å². The van der Waals surface area contributed by atoms with Crippen molar-refractivity contribution in [3.8, 4) is 0 Å². The highest BCUT2D eigenvalue weighted by molar-refractivity contribution is 6.49. The molecule has 0 atom stereocenters. The van der Waals surface area contributed by atoms with Crippen LogP contribution >= 0.6 is 11.6 Å². The minimum Gasteiger partial charge on any atom is -0.288 e. The van der Waals surface area contributed by atoms with Crippen LogP contribution in [0.5, 0.6) is 0 Å². The Morgan fingerprint density at radius 2 is 1.83 bits per heavy atom. The lowest BCUT2D eigenvalue weighted by Crippen LogP contribution is -2.19. The number of non-ortho nitro benzene ring substituents is 1. The van der Waals surface area contributed by atoms with Crippen molar-refractivity contribution >= 4 is 34.7 Å². The van der Waals surface area contributed by atoms with Crippen LogP contribution in [0.1, 0.15) is 31.1 Å². The van der Waals surface area contributed by atoms with Crippen LogP contribution in [0.3, 0.4) is 0 Å². The normalized spacial score (nSPS) is 16.6. The smallest absolute Gasteiger partial charge is 0.277 e. The molecule has 0 aliphatic heterocycles. The van der Waals surface area contributed by atoms with Crippen LogP contribution in [-0.4, -0.2) is 22.3 Å². The second kappa shape index (κ2) is 6.88. The molecule has 1 aliphatic rings. The second-order valence-corrected chi connectivity index (χ2v) is 6.01. The van der Waals surface area contributed by atoms with E-state index in [9.17, 15) is 19.7 Å². The van der Waals surface area contributed by atoms with Gasteiger partial charge in [0.2, 0.25) is 5.78 Å². The van der Waals surface area contributed by atoms with Crippen molar-refractivity contribution in [2.75, 3.05) is 0 Å². The van der Waals surface area contributed by atoms with Crippen LogP contribution in [0, 0.1) is 16.0 Å². The van der Waals surface area contributed by atoms with Crippen molar-refractivity contribution in [1.82, 2.24) is 0 Å². The third kappa shape index (κ3) is 3.49. The number of ketones is 1. The number of aliphatic imine (C=N–C) groups is 1. The molecule has 0 saturated carbocycles. The van der Waals surface area contributed by atoms with Gasteiger partial charge in [-0.15, -0.1) is 0 Å². The molecule has 0 heterocycles. The fourth-order valence-electron chi connectivity index (χ4n) is 2.18. The summed E-state index contributed by atoms with van der Waals surface area (Å²) in [6.07, 6.45) is 1.57. The largest absolute Gasteiger partial charge is 0.288 e. The van der Waals surface area contributed by atoms with Gasteiger partial charge < -0.3 is 0 Å². The highest BCUT2D eigenvalue weighted by atomic mass is 35.5. The van der Waals surface area contributed by atoms with Crippen molar-refractivity contribution in [1.29, 1.82) is 0 Å². The van der Waals surface area contributed by atoms with Gasteiger partial charge in [-0.25, -0.2) is 4.99 Å². The lowest BCUT2D eigenvalue weighted by molar-refractivity contribution is -0.384. The summed E-state index contributed by atoms with van der Waals surface area (Å²) in [5.41, 5.74) is 1.35. The minimum atomic E-state index is -0.558. The number of Topliss-reactive ketones (excluding diaryl/α,β-unsaturated/α-hetero) is 1. The van der Waals surface area contributed by atoms with E-state index < -0.39 is 10.8 Å². The van der Waals surface area contributed by atoms with Crippen LogP contribution in [0.15, 0.2) is 51.5 Å². The van der Waals surface area contributed by atoms with Crippen molar-refractivity contribution in [3.63, 3.8) is 0 Å². The molecule has 0 bridgehead atoms. The summed E-state index contributed by atoms with van der Waals surface area (Å²) in [6.45, 7) is 5.32. The van der Waals surface area contributed by atoms with Gasteiger partial charge in [-0.05, 0) is 36.6 Å². The molecule has 0 aromatic heterocycles. The minimum absolute atomic E-state index is 0.0523. The van der Waals surface area contributed by atoms with Crippen molar-refractivity contribution in [3.05, 3.63) is 62.2 Å². The first kappa shape index (κ1) is 17.7. The van der Waals surface area contributed by atoms with E-state index in [0.29, 0.717) is 16.9 Å². The Kier molecular flexibility index (Phi) is 5.09. The first-order valence-corrected chi connectivity index (χ1v) is 7.60. The Morgan fingerprint density at radius 3 is 2.33 bits per heavy atom. The number of amides is 1. The van der Waals surface area contributed by atoms with Gasteiger partial charge >= 0.3 is 0 Å². The van der Waals surface area contributed by atoms with Crippen LogP contribution in [0.4, 0.5) is 5.69 Å². The Bertz CT molecular complexity index is 817.